The van der Waals surface area contributed by atoms with Gasteiger partial charge in [0, 0.05) is 44.3 Å². The lowest BCUT2D eigenvalue weighted by Gasteiger charge is -2.29. The Hall–Kier alpha value is -2.68. The van der Waals surface area contributed by atoms with Crippen LogP contribution in [0.25, 0.3) is 0 Å². The summed E-state index contributed by atoms with van der Waals surface area (Å²) in [6, 6.07) is 12.9. The normalized spacial score (nSPS) is 24.4. The van der Waals surface area contributed by atoms with Gasteiger partial charge in [0.1, 0.15) is 18.2 Å². The quantitative estimate of drug-likeness (QED) is 0.637. The van der Waals surface area contributed by atoms with Gasteiger partial charge >= 0.3 is 0 Å². The lowest BCUT2D eigenvalue weighted by Crippen LogP contribution is -2.36. The number of amides is 1. The average molecular weight is 456 g/mol. The molecule has 0 radical (unpaired) electrons. The molecular formula is C25H30FN3O4. The largest absolute Gasteiger partial charge is 0.491 e. The summed E-state index contributed by atoms with van der Waals surface area (Å²) < 4.78 is 25.3. The van der Waals surface area contributed by atoms with Crippen LogP contribution in [0.5, 0.6) is 5.75 Å². The van der Waals surface area contributed by atoms with Crippen LogP contribution >= 0.6 is 0 Å². The smallest absolute Gasteiger partial charge is 0.228 e. The number of hydrogen-bond donors (Lipinski definition) is 2. The number of morpholine rings is 1. The van der Waals surface area contributed by atoms with Crippen LogP contribution in [-0.2, 0) is 16.1 Å². The molecule has 176 valence electrons. The third-order valence-corrected chi connectivity index (χ3v) is 6.83. The SMILES string of the molecule is O=C(Nc1ccc(N2CCOCC2)c(F)c1)C1C2CN(Cc3ccc(OCCO)cc3)CC21. The van der Waals surface area contributed by atoms with E-state index < -0.39 is 0 Å². The molecule has 3 fully saturated rings. The highest BCUT2D eigenvalue weighted by Crippen LogP contribution is 2.52. The second-order valence-electron chi connectivity index (χ2n) is 9.02. The van der Waals surface area contributed by atoms with Gasteiger partial charge in [-0.3, -0.25) is 9.69 Å². The van der Waals surface area contributed by atoms with Crippen LogP contribution in [0.15, 0.2) is 42.5 Å². The first kappa shape index (κ1) is 22.1. The number of rotatable bonds is 8. The first-order valence-electron chi connectivity index (χ1n) is 11.6. The lowest BCUT2D eigenvalue weighted by molar-refractivity contribution is -0.118. The number of piperidine rings is 1. The van der Waals surface area contributed by atoms with Crippen LogP contribution in [0.1, 0.15) is 5.56 Å². The van der Waals surface area contributed by atoms with Crippen molar-refractivity contribution < 1.29 is 23.8 Å². The Bertz CT molecular complexity index is 968. The van der Waals surface area contributed by atoms with E-state index in [-0.39, 0.29) is 24.2 Å². The van der Waals surface area contributed by atoms with Gasteiger partial charge in [0.2, 0.25) is 5.91 Å². The zero-order valence-corrected chi connectivity index (χ0v) is 18.6. The molecule has 7 nitrogen and oxygen atoms in total. The van der Waals surface area contributed by atoms with Gasteiger partial charge in [-0.15, -0.1) is 0 Å². The molecule has 2 saturated heterocycles. The fraction of sp³-hybridized carbons (Fsp3) is 0.480. The van der Waals surface area contributed by atoms with Crippen molar-refractivity contribution in [2.45, 2.75) is 6.54 Å². The van der Waals surface area contributed by atoms with E-state index in [0.29, 0.717) is 56.1 Å². The van der Waals surface area contributed by atoms with E-state index in [9.17, 15) is 9.18 Å². The number of benzene rings is 2. The Morgan fingerprint density at radius 3 is 2.52 bits per heavy atom. The summed E-state index contributed by atoms with van der Waals surface area (Å²) in [5.41, 5.74) is 2.27. The van der Waals surface area contributed by atoms with Crippen molar-refractivity contribution in [2.75, 3.05) is 62.8 Å². The third-order valence-electron chi connectivity index (χ3n) is 6.83. The van der Waals surface area contributed by atoms with Crippen molar-refractivity contribution in [1.82, 2.24) is 4.90 Å². The van der Waals surface area contributed by atoms with Gasteiger partial charge in [-0.25, -0.2) is 4.39 Å². The highest BCUT2D eigenvalue weighted by molar-refractivity contribution is 5.95. The van der Waals surface area contributed by atoms with E-state index in [4.69, 9.17) is 14.6 Å². The van der Waals surface area contributed by atoms with Crippen LogP contribution in [0.2, 0.25) is 0 Å². The standard InChI is InChI=1S/C25H30FN3O4/c26-22-13-18(3-6-23(22)29-7-10-32-11-8-29)27-25(31)24-20-15-28(16-21(20)24)14-17-1-4-19(5-2-17)33-12-9-30/h1-6,13,20-21,24,30H,7-12,14-16H2,(H,27,31). The van der Waals surface area contributed by atoms with Gasteiger partial charge < -0.3 is 24.8 Å². The fourth-order valence-electron chi connectivity index (χ4n) is 5.12. The molecule has 33 heavy (non-hydrogen) atoms. The molecule has 2 N–H and O–H groups in total. The Labute approximate surface area is 193 Å². The number of carbonyl (C=O) groups excluding carboxylic acids is 1. The minimum Gasteiger partial charge on any atom is -0.491 e. The molecule has 2 unspecified atom stereocenters. The second kappa shape index (κ2) is 9.67. The predicted octanol–water partition coefficient (Wildman–Crippen LogP) is 2.35. The molecule has 1 aliphatic carbocycles. The van der Waals surface area contributed by atoms with E-state index in [1.165, 1.54) is 11.6 Å². The van der Waals surface area contributed by atoms with Gasteiger partial charge in [0.05, 0.1) is 25.5 Å². The molecule has 1 amide bonds. The van der Waals surface area contributed by atoms with E-state index in [1.54, 1.807) is 12.1 Å². The van der Waals surface area contributed by atoms with Gasteiger partial charge in [-0.05, 0) is 47.7 Å². The molecule has 2 aliphatic heterocycles. The number of anilines is 2. The number of ether oxygens (including phenoxy) is 2. The highest BCUT2D eigenvalue weighted by Gasteiger charge is 2.59. The summed E-state index contributed by atoms with van der Waals surface area (Å²) in [6.45, 7) is 5.48. The molecule has 2 aromatic carbocycles. The summed E-state index contributed by atoms with van der Waals surface area (Å²) in [5.74, 6) is 1.18. The number of nitrogens with one attached hydrogen (secondary N) is 1. The molecule has 2 aromatic rings. The summed E-state index contributed by atoms with van der Waals surface area (Å²) in [6.07, 6.45) is 0. The lowest BCUT2D eigenvalue weighted by atomic mass is 10.1. The monoisotopic (exact) mass is 455 g/mol. The Morgan fingerprint density at radius 1 is 1.12 bits per heavy atom. The fourth-order valence-corrected chi connectivity index (χ4v) is 5.12. The van der Waals surface area contributed by atoms with Gasteiger partial charge in [-0.1, -0.05) is 12.1 Å². The van der Waals surface area contributed by atoms with E-state index in [2.05, 4.69) is 10.2 Å². The van der Waals surface area contributed by atoms with Crippen LogP contribution in [-0.4, -0.2) is 68.5 Å². The van der Waals surface area contributed by atoms with Crippen molar-refractivity contribution in [3.8, 4) is 5.75 Å². The molecule has 0 bridgehead atoms. The minimum atomic E-state index is -0.315. The molecular weight excluding hydrogens is 425 g/mol. The summed E-state index contributed by atoms with van der Waals surface area (Å²) >= 11 is 0. The molecule has 1 saturated carbocycles. The summed E-state index contributed by atoms with van der Waals surface area (Å²) in [4.78, 5) is 17.1. The maximum absolute atomic E-state index is 14.6. The molecule has 0 aromatic heterocycles. The van der Waals surface area contributed by atoms with Gasteiger partial charge in [0.15, 0.2) is 0 Å². The Balaban J connectivity index is 1.10. The van der Waals surface area contributed by atoms with Gasteiger partial charge in [0.25, 0.3) is 0 Å². The first-order valence-corrected chi connectivity index (χ1v) is 11.6. The van der Waals surface area contributed by atoms with Crippen molar-refractivity contribution in [3.05, 3.63) is 53.8 Å². The molecule has 2 atom stereocenters. The average Bonchev–Trinajstić information content (AvgIpc) is 3.34. The van der Waals surface area contributed by atoms with Crippen molar-refractivity contribution in [1.29, 1.82) is 0 Å². The number of fused-ring (bicyclic) bond motifs is 1. The molecule has 2 heterocycles. The summed E-state index contributed by atoms with van der Waals surface area (Å²) in [5, 5.41) is 11.8. The Morgan fingerprint density at radius 2 is 1.85 bits per heavy atom. The van der Waals surface area contributed by atoms with Crippen LogP contribution < -0.4 is 15.0 Å². The first-order chi connectivity index (χ1) is 16.1. The van der Waals surface area contributed by atoms with E-state index in [0.717, 1.165) is 25.4 Å². The minimum absolute atomic E-state index is 0.00172. The number of carbonyl (C=O) groups is 1. The number of likely N-dealkylation sites (tertiary alicyclic amines) is 1. The number of halogens is 1. The molecule has 5 rings (SSSR count). The zero-order valence-electron chi connectivity index (χ0n) is 18.6. The van der Waals surface area contributed by atoms with Crippen molar-refractivity contribution >= 4 is 17.3 Å². The van der Waals surface area contributed by atoms with Crippen LogP contribution in [0.4, 0.5) is 15.8 Å². The highest BCUT2D eigenvalue weighted by atomic mass is 19.1. The van der Waals surface area contributed by atoms with E-state index >= 15 is 0 Å². The summed E-state index contributed by atoms with van der Waals surface area (Å²) in [7, 11) is 0. The third kappa shape index (κ3) is 4.98. The molecule has 8 heteroatoms. The number of nitrogens with zero attached hydrogens (tertiary/aromatic N) is 2. The number of hydrogen-bond acceptors (Lipinski definition) is 6. The number of aliphatic hydroxyl groups is 1. The van der Waals surface area contributed by atoms with Crippen LogP contribution in [0.3, 0.4) is 0 Å². The van der Waals surface area contributed by atoms with Crippen LogP contribution in [0, 0.1) is 23.6 Å². The van der Waals surface area contributed by atoms with Crippen molar-refractivity contribution in [3.63, 3.8) is 0 Å². The molecule has 0 spiro atoms. The Kier molecular flexibility index (Phi) is 6.48. The van der Waals surface area contributed by atoms with E-state index in [1.807, 2.05) is 29.2 Å². The predicted molar refractivity (Wildman–Crippen MR) is 123 cm³/mol. The molecule has 3 aliphatic rings. The zero-order chi connectivity index (χ0) is 22.8. The second-order valence-corrected chi connectivity index (χ2v) is 9.02. The number of aliphatic hydroxyl groups excluding tert-OH is 1. The maximum Gasteiger partial charge on any atom is 0.228 e. The van der Waals surface area contributed by atoms with Crippen molar-refractivity contribution in [2.24, 2.45) is 17.8 Å². The topological polar surface area (TPSA) is 74.3 Å². The van der Waals surface area contributed by atoms with Gasteiger partial charge in [-0.2, -0.15) is 0 Å². The maximum atomic E-state index is 14.6.